The molecule has 1 unspecified atom stereocenters. The molecule has 0 amide bonds. The second-order valence-corrected chi connectivity index (χ2v) is 7.49. The predicted molar refractivity (Wildman–Crippen MR) is 115 cm³/mol. The van der Waals surface area contributed by atoms with E-state index >= 15 is 0 Å². The minimum atomic E-state index is -1.21. The van der Waals surface area contributed by atoms with E-state index in [1.165, 1.54) is 18.2 Å². The third-order valence-electron chi connectivity index (χ3n) is 4.86. The van der Waals surface area contributed by atoms with E-state index in [2.05, 4.69) is 4.57 Å². The summed E-state index contributed by atoms with van der Waals surface area (Å²) in [5.41, 5.74) is 3.56. The fourth-order valence-corrected chi connectivity index (χ4v) is 3.67. The van der Waals surface area contributed by atoms with Gasteiger partial charge in [0.15, 0.2) is 0 Å². The van der Waals surface area contributed by atoms with Gasteiger partial charge in [-0.1, -0.05) is 36.4 Å². The second kappa shape index (κ2) is 9.05. The molecule has 1 heterocycles. The van der Waals surface area contributed by atoms with Gasteiger partial charge in [0.25, 0.3) is 0 Å². The Kier molecular flexibility index (Phi) is 6.47. The first kappa shape index (κ1) is 21.5. The summed E-state index contributed by atoms with van der Waals surface area (Å²) in [5.74, 6) is -2.08. The molecule has 2 aromatic carbocycles. The highest BCUT2D eigenvalue weighted by atomic mass is 19.1. The van der Waals surface area contributed by atoms with E-state index in [1.807, 2.05) is 38.1 Å². The Morgan fingerprint density at radius 2 is 1.77 bits per heavy atom. The molecular weight excluding hydrogens is 385 g/mol. The second-order valence-electron chi connectivity index (χ2n) is 7.49. The molecule has 3 aromatic rings. The Morgan fingerprint density at radius 3 is 2.40 bits per heavy atom. The minimum absolute atomic E-state index is 0.106. The predicted octanol–water partition coefficient (Wildman–Crippen LogP) is 4.84. The highest BCUT2D eigenvalue weighted by Gasteiger charge is 2.19. The molecule has 3 rings (SSSR count). The number of carboxylic acids is 1. The molecule has 0 fully saturated rings. The van der Waals surface area contributed by atoms with Crippen LogP contribution in [0.5, 0.6) is 0 Å². The van der Waals surface area contributed by atoms with Crippen molar-refractivity contribution in [2.45, 2.75) is 38.8 Å². The van der Waals surface area contributed by atoms with Gasteiger partial charge in [0.1, 0.15) is 18.0 Å². The molecule has 0 spiro atoms. The highest BCUT2D eigenvalue weighted by Crippen LogP contribution is 2.37. The molecule has 2 N–H and O–H groups in total. The molecule has 0 aliphatic carbocycles. The molecule has 0 bridgehead atoms. The number of Topliss-reactive ketones (excluding diaryl/α,β-unsaturated/α-hetero) is 1. The smallest absolute Gasteiger partial charge is 0.310 e. The highest BCUT2D eigenvalue weighted by molar-refractivity contribution is 6.01. The lowest BCUT2D eigenvalue weighted by atomic mass is 10.0. The lowest BCUT2D eigenvalue weighted by Gasteiger charge is -2.14. The number of benzene rings is 2. The van der Waals surface area contributed by atoms with Crippen LogP contribution < -0.4 is 0 Å². The summed E-state index contributed by atoms with van der Waals surface area (Å²) in [6.07, 6.45) is 1.27. The van der Waals surface area contributed by atoms with Crippen molar-refractivity contribution in [3.8, 4) is 11.1 Å². The first-order valence-electron chi connectivity index (χ1n) is 9.76. The van der Waals surface area contributed by atoms with Gasteiger partial charge in [0.2, 0.25) is 0 Å². The van der Waals surface area contributed by atoms with E-state index < -0.39 is 24.3 Å². The molecule has 0 radical (unpaired) electrons. The average Bonchev–Trinajstić information content (AvgIpc) is 3.00. The van der Waals surface area contributed by atoms with Gasteiger partial charge in [-0.05, 0) is 43.7 Å². The maximum absolute atomic E-state index is 13.5. The zero-order valence-electron chi connectivity index (χ0n) is 16.9. The molecule has 0 aliphatic rings. The van der Waals surface area contributed by atoms with Crippen LogP contribution in [-0.4, -0.2) is 32.6 Å². The van der Waals surface area contributed by atoms with E-state index in [-0.39, 0.29) is 18.3 Å². The maximum atomic E-state index is 13.5. The molecular formula is C24H24FNO4. The standard InChI is InChI=1S/C24H24FNO4/c1-15(2)26-21-6-4-3-5-20(21)24(16-7-9-17(25)10-8-16)22(26)12-11-18(27)13-19(28)14-23(29)30/h3-12,15,18,27H,13-14H2,1-2H3,(H,29,30)/b12-11-. The molecule has 6 heteroatoms. The Bertz CT molecular complexity index is 1100. The summed E-state index contributed by atoms with van der Waals surface area (Å²) in [7, 11) is 0. The van der Waals surface area contributed by atoms with E-state index in [1.54, 1.807) is 18.2 Å². The number of nitrogens with zero attached hydrogens (tertiary/aromatic N) is 1. The maximum Gasteiger partial charge on any atom is 0.310 e. The van der Waals surface area contributed by atoms with Crippen molar-refractivity contribution in [2.75, 3.05) is 0 Å². The van der Waals surface area contributed by atoms with Crippen molar-refractivity contribution < 1.29 is 24.2 Å². The molecule has 5 nitrogen and oxygen atoms in total. The first-order valence-corrected chi connectivity index (χ1v) is 9.76. The van der Waals surface area contributed by atoms with Crippen LogP contribution in [0.1, 0.15) is 38.4 Å². The average molecular weight is 409 g/mol. The van der Waals surface area contributed by atoms with Crippen LogP contribution in [0.15, 0.2) is 54.6 Å². The summed E-state index contributed by atoms with van der Waals surface area (Å²) in [6, 6.07) is 14.2. The summed E-state index contributed by atoms with van der Waals surface area (Å²) in [5, 5.41) is 19.9. The van der Waals surface area contributed by atoms with Crippen LogP contribution >= 0.6 is 0 Å². The van der Waals surface area contributed by atoms with Crippen molar-refractivity contribution in [1.29, 1.82) is 0 Å². The number of aliphatic hydroxyl groups excluding tert-OH is 1. The normalized spacial score (nSPS) is 12.7. The summed E-state index contributed by atoms with van der Waals surface area (Å²) in [4.78, 5) is 22.4. The van der Waals surface area contributed by atoms with Gasteiger partial charge < -0.3 is 14.8 Å². The number of carbonyl (C=O) groups excluding carboxylic acids is 1. The number of hydrogen-bond donors (Lipinski definition) is 2. The Hall–Kier alpha value is -3.25. The lowest BCUT2D eigenvalue weighted by Crippen LogP contribution is -2.14. The molecule has 0 saturated carbocycles. The third-order valence-corrected chi connectivity index (χ3v) is 4.86. The molecule has 0 saturated heterocycles. The van der Waals surface area contributed by atoms with Gasteiger partial charge in [-0.15, -0.1) is 0 Å². The molecule has 0 aliphatic heterocycles. The Morgan fingerprint density at radius 1 is 1.10 bits per heavy atom. The van der Waals surface area contributed by atoms with E-state index in [4.69, 9.17) is 5.11 Å². The summed E-state index contributed by atoms with van der Waals surface area (Å²) < 4.78 is 15.6. The lowest BCUT2D eigenvalue weighted by molar-refractivity contribution is -0.140. The van der Waals surface area contributed by atoms with Crippen molar-refractivity contribution in [3.05, 3.63) is 66.1 Å². The number of carboxylic acid groups (broad SMARTS) is 1. The molecule has 1 aromatic heterocycles. The zero-order valence-corrected chi connectivity index (χ0v) is 16.9. The third kappa shape index (κ3) is 4.66. The van der Waals surface area contributed by atoms with Gasteiger partial charge >= 0.3 is 5.97 Å². The quantitative estimate of drug-likeness (QED) is 0.522. The Labute approximate surface area is 174 Å². The van der Waals surface area contributed by atoms with Crippen molar-refractivity contribution >= 4 is 28.7 Å². The monoisotopic (exact) mass is 409 g/mol. The summed E-state index contributed by atoms with van der Waals surface area (Å²) in [6.45, 7) is 4.09. The zero-order chi connectivity index (χ0) is 21.8. The van der Waals surface area contributed by atoms with E-state index in [9.17, 15) is 19.1 Å². The molecule has 1 atom stereocenters. The van der Waals surface area contributed by atoms with Gasteiger partial charge in [-0.3, -0.25) is 9.59 Å². The van der Waals surface area contributed by atoms with Gasteiger partial charge in [0.05, 0.1) is 6.10 Å². The molecule has 30 heavy (non-hydrogen) atoms. The number of aliphatic carboxylic acids is 1. The van der Waals surface area contributed by atoms with Crippen LogP contribution in [0.25, 0.3) is 28.1 Å². The number of rotatable bonds is 8. The van der Waals surface area contributed by atoms with Crippen LogP contribution in [0.4, 0.5) is 4.39 Å². The largest absolute Gasteiger partial charge is 0.481 e. The Balaban J connectivity index is 2.09. The number of hydrogen-bond acceptors (Lipinski definition) is 3. The topological polar surface area (TPSA) is 79.5 Å². The van der Waals surface area contributed by atoms with Crippen molar-refractivity contribution in [1.82, 2.24) is 4.57 Å². The van der Waals surface area contributed by atoms with E-state index in [0.717, 1.165) is 27.7 Å². The SMILES string of the molecule is CC(C)n1c(/C=C\C(O)CC(=O)CC(=O)O)c(-c2ccc(F)cc2)c2ccccc21. The number of aromatic nitrogens is 1. The fourth-order valence-electron chi connectivity index (χ4n) is 3.67. The number of carbonyl (C=O) groups is 2. The molecule has 156 valence electrons. The minimum Gasteiger partial charge on any atom is -0.481 e. The number of para-hydroxylation sites is 1. The first-order chi connectivity index (χ1) is 14.3. The number of halogens is 1. The van der Waals surface area contributed by atoms with Gasteiger partial charge in [-0.2, -0.15) is 0 Å². The number of aliphatic hydroxyl groups is 1. The van der Waals surface area contributed by atoms with Crippen LogP contribution in [0.3, 0.4) is 0 Å². The number of fused-ring (bicyclic) bond motifs is 1. The van der Waals surface area contributed by atoms with Crippen LogP contribution in [0.2, 0.25) is 0 Å². The fraction of sp³-hybridized carbons (Fsp3) is 0.250. The van der Waals surface area contributed by atoms with Gasteiger partial charge in [-0.25, -0.2) is 4.39 Å². The number of ketones is 1. The van der Waals surface area contributed by atoms with Crippen molar-refractivity contribution in [2.24, 2.45) is 0 Å². The van der Waals surface area contributed by atoms with Crippen LogP contribution in [-0.2, 0) is 9.59 Å². The van der Waals surface area contributed by atoms with Crippen molar-refractivity contribution in [3.63, 3.8) is 0 Å². The van der Waals surface area contributed by atoms with Gasteiger partial charge in [0, 0.05) is 34.6 Å². The summed E-state index contributed by atoms with van der Waals surface area (Å²) >= 11 is 0. The van der Waals surface area contributed by atoms with Crippen LogP contribution in [0, 0.1) is 5.82 Å². The van der Waals surface area contributed by atoms with E-state index in [0.29, 0.717) is 0 Å².